The summed E-state index contributed by atoms with van der Waals surface area (Å²) in [7, 11) is 0.828. The highest BCUT2D eigenvalue weighted by molar-refractivity contribution is 7.89. The fourth-order valence-corrected chi connectivity index (χ4v) is 5.24. The van der Waals surface area contributed by atoms with E-state index in [1.54, 1.807) is 11.2 Å². The molecule has 7 nitrogen and oxygen atoms in total. The molecule has 0 unspecified atom stereocenters. The molecule has 0 bridgehead atoms. The Kier molecular flexibility index (Phi) is 6.87. The topological polar surface area (TPSA) is 70.2 Å². The second-order valence-corrected chi connectivity index (χ2v) is 9.73. The third-order valence-electron chi connectivity index (χ3n) is 5.52. The minimum Gasteiger partial charge on any atom is -0.466 e. The first kappa shape index (κ1) is 20.6. The molecule has 0 aromatic heterocycles. The van der Waals surface area contributed by atoms with Crippen LogP contribution in [-0.4, -0.2) is 94.2 Å². The zero-order valence-electron chi connectivity index (χ0n) is 16.0. The van der Waals surface area contributed by atoms with Crippen LogP contribution in [0, 0.1) is 11.3 Å². The summed E-state index contributed by atoms with van der Waals surface area (Å²) in [4.78, 5) is 17.3. The van der Waals surface area contributed by atoms with E-state index in [-0.39, 0.29) is 17.6 Å². The van der Waals surface area contributed by atoms with Gasteiger partial charge in [-0.05, 0) is 40.8 Å². The maximum atomic E-state index is 12.8. The van der Waals surface area contributed by atoms with Crippen molar-refractivity contribution in [3.8, 4) is 0 Å². The van der Waals surface area contributed by atoms with E-state index in [0.717, 1.165) is 19.6 Å². The molecule has 2 aliphatic rings. The number of rotatable bonds is 7. The van der Waals surface area contributed by atoms with E-state index >= 15 is 0 Å². The van der Waals surface area contributed by atoms with Gasteiger partial charge >= 0.3 is 5.97 Å². The number of hydrogen-bond donors (Lipinski definition) is 0. The number of likely N-dealkylation sites (tertiary alicyclic amines) is 1. The number of carbonyl (C=O) groups excluding carboxylic acids is 1. The quantitative estimate of drug-likeness (QED) is 0.603. The summed E-state index contributed by atoms with van der Waals surface area (Å²) < 4.78 is 31.8. The SMILES string of the molecule is CCOC(=O)[C@@]12CCCN(S(=O)(=O)CC)C[C@@H]1CN(CCN(C)C)C2. The van der Waals surface area contributed by atoms with Crippen LogP contribution in [0.25, 0.3) is 0 Å². The van der Waals surface area contributed by atoms with Crippen LogP contribution in [0.3, 0.4) is 0 Å². The summed E-state index contributed by atoms with van der Waals surface area (Å²) >= 11 is 0. The third kappa shape index (κ3) is 4.53. The number of likely N-dealkylation sites (N-methyl/N-ethyl adjacent to an activating group) is 1. The number of sulfonamides is 1. The second-order valence-electron chi connectivity index (χ2n) is 7.47. The Balaban J connectivity index is 2.24. The van der Waals surface area contributed by atoms with Crippen molar-refractivity contribution in [2.24, 2.45) is 11.3 Å². The largest absolute Gasteiger partial charge is 0.466 e. The molecule has 2 rings (SSSR count). The van der Waals surface area contributed by atoms with Crippen LogP contribution >= 0.6 is 0 Å². The number of ether oxygens (including phenoxy) is 1. The highest BCUT2D eigenvalue weighted by Gasteiger charge is 2.54. The molecule has 0 N–H and O–H groups in total. The summed E-state index contributed by atoms with van der Waals surface area (Å²) in [5.41, 5.74) is -0.569. The van der Waals surface area contributed by atoms with Gasteiger partial charge in [0.15, 0.2) is 0 Å². The fraction of sp³-hybridized carbons (Fsp3) is 0.941. The van der Waals surface area contributed by atoms with Crippen molar-refractivity contribution in [1.82, 2.24) is 14.1 Å². The molecular weight excluding hydrogens is 342 g/mol. The fourth-order valence-electron chi connectivity index (χ4n) is 4.06. The molecule has 0 spiro atoms. The van der Waals surface area contributed by atoms with Gasteiger partial charge in [0.1, 0.15) is 0 Å². The molecule has 0 aliphatic carbocycles. The summed E-state index contributed by atoms with van der Waals surface area (Å²) in [6, 6.07) is 0. The first-order chi connectivity index (χ1) is 11.7. The second kappa shape index (κ2) is 8.33. The summed E-state index contributed by atoms with van der Waals surface area (Å²) in [5, 5.41) is 0. The Morgan fingerprint density at radius 2 is 2.00 bits per heavy atom. The molecule has 0 radical (unpaired) electrons. The lowest BCUT2D eigenvalue weighted by molar-refractivity contribution is -0.157. The molecule has 146 valence electrons. The normalized spacial score (nSPS) is 28.8. The van der Waals surface area contributed by atoms with Gasteiger partial charge in [-0.2, -0.15) is 0 Å². The highest BCUT2D eigenvalue weighted by Crippen LogP contribution is 2.44. The van der Waals surface area contributed by atoms with Crippen LogP contribution < -0.4 is 0 Å². The lowest BCUT2D eigenvalue weighted by atomic mass is 9.75. The Hall–Kier alpha value is -0.700. The van der Waals surface area contributed by atoms with Gasteiger partial charge in [-0.3, -0.25) is 4.79 Å². The molecular formula is C17H33N3O4S. The number of nitrogens with zero attached hydrogens (tertiary/aromatic N) is 3. The molecule has 25 heavy (non-hydrogen) atoms. The van der Waals surface area contributed by atoms with Gasteiger partial charge in [-0.15, -0.1) is 0 Å². The van der Waals surface area contributed by atoms with Gasteiger partial charge in [-0.25, -0.2) is 12.7 Å². The molecule has 8 heteroatoms. The van der Waals surface area contributed by atoms with Crippen molar-refractivity contribution in [1.29, 1.82) is 0 Å². The van der Waals surface area contributed by atoms with Gasteiger partial charge in [0.25, 0.3) is 0 Å². The average Bonchev–Trinajstić information content (AvgIpc) is 2.80. The molecule has 0 amide bonds. The molecule has 2 saturated heterocycles. The summed E-state index contributed by atoms with van der Waals surface area (Å²) in [5.74, 6) is -0.0446. The zero-order valence-corrected chi connectivity index (χ0v) is 16.8. The van der Waals surface area contributed by atoms with Crippen molar-refractivity contribution >= 4 is 16.0 Å². The number of esters is 1. The Morgan fingerprint density at radius 3 is 2.60 bits per heavy atom. The summed E-state index contributed by atoms with van der Waals surface area (Å²) in [6.45, 7) is 8.02. The molecule has 2 atom stereocenters. The highest BCUT2D eigenvalue weighted by atomic mass is 32.2. The van der Waals surface area contributed by atoms with Crippen molar-refractivity contribution in [3.05, 3.63) is 0 Å². The zero-order chi connectivity index (χ0) is 18.7. The molecule has 0 saturated carbocycles. The van der Waals surface area contributed by atoms with E-state index in [1.165, 1.54) is 0 Å². The molecule has 0 aromatic rings. The Bertz CT molecular complexity index is 566. The first-order valence-corrected chi connectivity index (χ1v) is 10.9. The standard InChI is InChI=1S/C17H33N3O4S/c1-5-24-16(21)17-8-7-9-20(25(22,23)6-2)13-15(17)12-19(14-17)11-10-18(3)4/h15H,5-14H2,1-4H3/t15-,17+/m0/s1. The Labute approximate surface area is 152 Å². The van der Waals surface area contributed by atoms with Crippen molar-refractivity contribution in [3.63, 3.8) is 0 Å². The van der Waals surface area contributed by atoms with Crippen LogP contribution in [0.1, 0.15) is 26.7 Å². The predicted octanol–water partition coefficient (Wildman–Crippen LogP) is 0.475. The predicted molar refractivity (Wildman–Crippen MR) is 97.8 cm³/mol. The van der Waals surface area contributed by atoms with Gasteiger partial charge in [-0.1, -0.05) is 0 Å². The monoisotopic (exact) mass is 375 g/mol. The van der Waals surface area contributed by atoms with Gasteiger partial charge in [0.2, 0.25) is 10.0 Å². The van der Waals surface area contributed by atoms with E-state index in [4.69, 9.17) is 4.74 Å². The summed E-state index contributed by atoms with van der Waals surface area (Å²) in [6.07, 6.45) is 1.40. The van der Waals surface area contributed by atoms with E-state index in [1.807, 2.05) is 21.0 Å². The van der Waals surface area contributed by atoms with Crippen LogP contribution in [-0.2, 0) is 19.6 Å². The lowest BCUT2D eigenvalue weighted by Gasteiger charge is -2.31. The maximum absolute atomic E-state index is 12.8. The van der Waals surface area contributed by atoms with Gasteiger partial charge < -0.3 is 14.5 Å². The van der Waals surface area contributed by atoms with Crippen LogP contribution in [0.5, 0.6) is 0 Å². The molecule has 2 fully saturated rings. The minimum absolute atomic E-state index is 0.00228. The van der Waals surface area contributed by atoms with E-state index < -0.39 is 15.4 Å². The van der Waals surface area contributed by atoms with E-state index in [9.17, 15) is 13.2 Å². The van der Waals surface area contributed by atoms with Crippen molar-refractivity contribution in [2.75, 3.05) is 65.7 Å². The van der Waals surface area contributed by atoms with Gasteiger partial charge in [0, 0.05) is 45.2 Å². The van der Waals surface area contributed by atoms with Crippen LogP contribution in [0.2, 0.25) is 0 Å². The number of carbonyl (C=O) groups is 1. The lowest BCUT2D eigenvalue weighted by Crippen LogP contribution is -2.43. The molecule has 0 aromatic carbocycles. The van der Waals surface area contributed by atoms with Gasteiger partial charge in [0.05, 0.1) is 17.8 Å². The molecule has 2 aliphatic heterocycles. The smallest absolute Gasteiger partial charge is 0.313 e. The van der Waals surface area contributed by atoms with Crippen LogP contribution in [0.4, 0.5) is 0 Å². The first-order valence-electron chi connectivity index (χ1n) is 9.27. The minimum atomic E-state index is -3.24. The maximum Gasteiger partial charge on any atom is 0.313 e. The van der Waals surface area contributed by atoms with Crippen molar-refractivity contribution in [2.45, 2.75) is 26.7 Å². The average molecular weight is 376 g/mol. The van der Waals surface area contributed by atoms with E-state index in [2.05, 4.69) is 9.80 Å². The molecule has 2 heterocycles. The third-order valence-corrected chi connectivity index (χ3v) is 7.37. The number of fused-ring (bicyclic) bond motifs is 1. The number of hydrogen-bond acceptors (Lipinski definition) is 6. The Morgan fingerprint density at radius 1 is 1.28 bits per heavy atom. The van der Waals surface area contributed by atoms with E-state index in [0.29, 0.717) is 39.1 Å². The van der Waals surface area contributed by atoms with Crippen molar-refractivity contribution < 1.29 is 17.9 Å². The van der Waals surface area contributed by atoms with Crippen LogP contribution in [0.15, 0.2) is 0 Å².